The minimum absolute atomic E-state index is 0.00776. The Labute approximate surface area is 168 Å². The van der Waals surface area contributed by atoms with Gasteiger partial charge in [-0.2, -0.15) is 0 Å². The molecule has 27 heavy (non-hydrogen) atoms. The molecule has 2 aromatic heterocycles. The van der Waals surface area contributed by atoms with Crippen LogP contribution in [0.5, 0.6) is 5.75 Å². The molecular weight excluding hydrogens is 409 g/mol. The number of pyridine rings is 1. The predicted octanol–water partition coefficient (Wildman–Crippen LogP) is 3.64. The Morgan fingerprint density at radius 1 is 1.19 bits per heavy atom. The molecule has 0 saturated carbocycles. The second-order valence-corrected chi connectivity index (χ2v) is 7.78. The molecule has 0 atom stereocenters. The van der Waals surface area contributed by atoms with Crippen molar-refractivity contribution in [1.29, 1.82) is 0 Å². The van der Waals surface area contributed by atoms with Gasteiger partial charge < -0.3 is 14.6 Å². The van der Waals surface area contributed by atoms with Gasteiger partial charge in [0.25, 0.3) is 5.91 Å². The average molecular weight is 422 g/mol. The molecule has 1 aromatic carbocycles. The van der Waals surface area contributed by atoms with Crippen molar-refractivity contribution < 1.29 is 9.90 Å². The molecule has 1 amide bonds. The molecule has 6 nitrogen and oxygen atoms in total. The fourth-order valence-electron chi connectivity index (χ4n) is 3.05. The molecule has 1 aliphatic heterocycles. The van der Waals surface area contributed by atoms with Crippen LogP contribution in [0.2, 0.25) is 10.0 Å². The number of rotatable bonds is 3. The predicted molar refractivity (Wildman–Crippen MR) is 105 cm³/mol. The number of carbonyl (C=O) groups is 1. The number of amides is 1. The van der Waals surface area contributed by atoms with Crippen molar-refractivity contribution in [3.05, 3.63) is 67.5 Å². The maximum atomic E-state index is 12.9. The summed E-state index contributed by atoms with van der Waals surface area (Å²) in [6.45, 7) is 1.19. The second-order valence-electron chi connectivity index (χ2n) is 6.07. The van der Waals surface area contributed by atoms with Gasteiger partial charge in [0.2, 0.25) is 5.43 Å². The van der Waals surface area contributed by atoms with Crippen LogP contribution in [0.25, 0.3) is 10.6 Å². The van der Waals surface area contributed by atoms with Gasteiger partial charge in [-0.15, -0.1) is 11.3 Å². The number of carbonyl (C=O) groups excluding carboxylic acids is 1. The van der Waals surface area contributed by atoms with Crippen LogP contribution in [-0.2, 0) is 13.1 Å². The fraction of sp³-hybridized carbons (Fsp3) is 0.167. The van der Waals surface area contributed by atoms with Crippen LogP contribution < -0.4 is 5.43 Å². The molecule has 1 N–H and O–H groups in total. The number of hydrogen-bond donors (Lipinski definition) is 1. The summed E-state index contributed by atoms with van der Waals surface area (Å²) in [6, 6.07) is 5.16. The lowest BCUT2D eigenvalue weighted by Crippen LogP contribution is -2.41. The highest BCUT2D eigenvalue weighted by Gasteiger charge is 2.30. The Bertz CT molecular complexity index is 1100. The van der Waals surface area contributed by atoms with E-state index >= 15 is 0 Å². The van der Waals surface area contributed by atoms with E-state index in [-0.39, 0.29) is 11.3 Å². The largest absolute Gasteiger partial charge is 0.503 e. The van der Waals surface area contributed by atoms with Gasteiger partial charge in [0.15, 0.2) is 11.4 Å². The van der Waals surface area contributed by atoms with Gasteiger partial charge in [-0.3, -0.25) is 9.59 Å². The van der Waals surface area contributed by atoms with Gasteiger partial charge in [-0.1, -0.05) is 29.3 Å². The minimum Gasteiger partial charge on any atom is -0.503 e. The summed E-state index contributed by atoms with van der Waals surface area (Å²) in [6.07, 6.45) is 3.18. The fourth-order valence-corrected chi connectivity index (χ4v) is 4.01. The van der Waals surface area contributed by atoms with Crippen molar-refractivity contribution >= 4 is 40.4 Å². The first kappa shape index (κ1) is 18.0. The summed E-state index contributed by atoms with van der Waals surface area (Å²) in [5.41, 5.74) is 0.497. The zero-order chi connectivity index (χ0) is 19.1. The third-order valence-electron chi connectivity index (χ3n) is 4.38. The zero-order valence-corrected chi connectivity index (χ0v) is 16.2. The van der Waals surface area contributed by atoms with Crippen molar-refractivity contribution in [3.8, 4) is 16.3 Å². The molecule has 3 heterocycles. The van der Waals surface area contributed by atoms with Crippen LogP contribution in [0.3, 0.4) is 0 Å². The van der Waals surface area contributed by atoms with Crippen molar-refractivity contribution in [2.75, 3.05) is 6.54 Å². The quantitative estimate of drug-likeness (QED) is 0.700. The van der Waals surface area contributed by atoms with Crippen LogP contribution in [0.15, 0.2) is 40.8 Å². The van der Waals surface area contributed by atoms with Gasteiger partial charge in [0.1, 0.15) is 5.01 Å². The lowest BCUT2D eigenvalue weighted by molar-refractivity contribution is 0.0683. The molecule has 0 radical (unpaired) electrons. The van der Waals surface area contributed by atoms with Gasteiger partial charge in [-0.25, -0.2) is 4.98 Å². The van der Waals surface area contributed by atoms with E-state index in [4.69, 9.17) is 23.2 Å². The van der Waals surface area contributed by atoms with E-state index in [1.807, 2.05) is 0 Å². The molecule has 3 aromatic rings. The zero-order valence-electron chi connectivity index (χ0n) is 13.9. The third kappa shape index (κ3) is 3.22. The Morgan fingerprint density at radius 2 is 2.00 bits per heavy atom. The lowest BCUT2D eigenvalue weighted by Gasteiger charge is -2.30. The summed E-state index contributed by atoms with van der Waals surface area (Å²) in [5, 5.41) is 13.5. The molecule has 0 aliphatic carbocycles. The molecule has 1 aliphatic rings. The van der Waals surface area contributed by atoms with E-state index in [1.165, 1.54) is 11.3 Å². The summed E-state index contributed by atoms with van der Waals surface area (Å²) in [4.78, 5) is 31.1. The molecular formula is C18H13Cl2N3O3S. The number of thiazole rings is 1. The normalized spacial score (nSPS) is 13.7. The second kappa shape index (κ2) is 6.99. The number of aromatic hydroxyl groups is 1. The van der Waals surface area contributed by atoms with E-state index in [0.29, 0.717) is 34.7 Å². The highest BCUT2D eigenvalue weighted by atomic mass is 35.5. The first-order chi connectivity index (χ1) is 13.0. The number of fused-ring (bicyclic) bond motifs is 1. The monoisotopic (exact) mass is 421 g/mol. The van der Waals surface area contributed by atoms with Gasteiger partial charge in [0, 0.05) is 37.4 Å². The maximum absolute atomic E-state index is 12.9. The number of halogens is 2. The minimum atomic E-state index is -0.596. The molecule has 4 rings (SSSR count). The number of hydrogen-bond acceptors (Lipinski definition) is 5. The molecule has 138 valence electrons. The summed E-state index contributed by atoms with van der Waals surface area (Å²) in [7, 11) is 0. The Balaban J connectivity index is 1.69. The van der Waals surface area contributed by atoms with Gasteiger partial charge >= 0.3 is 0 Å². The van der Waals surface area contributed by atoms with E-state index < -0.39 is 17.1 Å². The smallest absolute Gasteiger partial charge is 0.274 e. The van der Waals surface area contributed by atoms with E-state index in [2.05, 4.69) is 4.98 Å². The van der Waals surface area contributed by atoms with Crippen molar-refractivity contribution in [2.45, 2.75) is 13.1 Å². The van der Waals surface area contributed by atoms with E-state index in [1.54, 1.807) is 45.4 Å². The van der Waals surface area contributed by atoms with Crippen molar-refractivity contribution in [1.82, 2.24) is 14.5 Å². The van der Waals surface area contributed by atoms with Crippen LogP contribution in [0, 0.1) is 0 Å². The molecule has 0 fully saturated rings. The highest BCUT2D eigenvalue weighted by Crippen LogP contribution is 2.28. The van der Waals surface area contributed by atoms with Crippen LogP contribution >= 0.6 is 34.5 Å². The van der Waals surface area contributed by atoms with Crippen LogP contribution in [0.1, 0.15) is 16.1 Å². The van der Waals surface area contributed by atoms with Gasteiger partial charge in [0.05, 0.1) is 15.6 Å². The summed E-state index contributed by atoms with van der Waals surface area (Å²) >= 11 is 13.3. The topological polar surface area (TPSA) is 75.4 Å². The average Bonchev–Trinajstić information content (AvgIpc) is 3.17. The Hall–Kier alpha value is -2.35. The lowest BCUT2D eigenvalue weighted by atomic mass is 10.1. The molecule has 0 unspecified atom stereocenters. The molecule has 9 heteroatoms. The summed E-state index contributed by atoms with van der Waals surface area (Å²) in [5.74, 6) is -0.959. The first-order valence-electron chi connectivity index (χ1n) is 8.05. The van der Waals surface area contributed by atoms with E-state index in [9.17, 15) is 14.7 Å². The summed E-state index contributed by atoms with van der Waals surface area (Å²) < 4.78 is 1.61. The standard InChI is InChI=1S/C18H13Cl2N3O3S/c19-12-2-1-10(7-13(12)20)8-23-5-4-22-9-11(17-21-3-6-27-17)15(24)16(25)14(22)18(23)26/h1-3,6-7,9,25H,4-5,8H2. The van der Waals surface area contributed by atoms with Crippen LogP contribution in [0.4, 0.5) is 0 Å². The molecule has 0 saturated heterocycles. The maximum Gasteiger partial charge on any atom is 0.274 e. The third-order valence-corrected chi connectivity index (χ3v) is 5.92. The van der Waals surface area contributed by atoms with Crippen molar-refractivity contribution in [2.24, 2.45) is 0 Å². The first-order valence-corrected chi connectivity index (χ1v) is 9.68. The highest BCUT2D eigenvalue weighted by molar-refractivity contribution is 7.13. The number of benzene rings is 1. The molecule has 0 bridgehead atoms. The van der Waals surface area contributed by atoms with E-state index in [0.717, 1.165) is 5.56 Å². The van der Waals surface area contributed by atoms with Crippen molar-refractivity contribution in [3.63, 3.8) is 0 Å². The van der Waals surface area contributed by atoms with Crippen LogP contribution in [-0.4, -0.2) is 32.0 Å². The Morgan fingerprint density at radius 3 is 2.70 bits per heavy atom. The van der Waals surface area contributed by atoms with Gasteiger partial charge in [-0.05, 0) is 17.7 Å². The SMILES string of the molecule is O=C1c2c(O)c(=O)c(-c3nccs3)cn2CCN1Cc1ccc(Cl)c(Cl)c1. The molecule has 0 spiro atoms. The Kier molecular flexibility index (Phi) is 4.67. The number of nitrogens with zero attached hydrogens (tertiary/aromatic N) is 3. The number of aromatic nitrogens is 2.